The lowest BCUT2D eigenvalue weighted by Gasteiger charge is -2.10. The number of benzene rings is 1. The molecular weight excluding hydrogens is 257 g/mol. The molecule has 0 radical (unpaired) electrons. The van der Waals surface area contributed by atoms with E-state index in [9.17, 15) is 9.65 Å². The molecule has 1 aromatic heterocycles. The van der Waals surface area contributed by atoms with E-state index in [1.54, 1.807) is 18.3 Å². The van der Waals surface area contributed by atoms with Crippen molar-refractivity contribution in [1.29, 1.82) is 5.26 Å². The van der Waals surface area contributed by atoms with E-state index in [1.165, 1.54) is 19.2 Å². The number of rotatable bonds is 3. The minimum atomic E-state index is -0.559. The summed E-state index contributed by atoms with van der Waals surface area (Å²) in [5.74, 6) is 0.684. The molecule has 0 bridgehead atoms. The van der Waals surface area contributed by atoms with Crippen molar-refractivity contribution < 1.29 is 9.13 Å². The molecule has 1 aromatic carbocycles. The Hall–Kier alpha value is -2.48. The summed E-state index contributed by atoms with van der Waals surface area (Å²) < 4.78 is 18.7. The molecule has 0 aliphatic heterocycles. The van der Waals surface area contributed by atoms with Gasteiger partial charge in [0.2, 0.25) is 0 Å². The summed E-state index contributed by atoms with van der Waals surface area (Å²) in [6.07, 6.45) is 3.14. The number of nitriles is 1. The predicted octanol–water partition coefficient (Wildman–Crippen LogP) is 2.85. The van der Waals surface area contributed by atoms with E-state index in [-0.39, 0.29) is 5.82 Å². The van der Waals surface area contributed by atoms with Crippen molar-refractivity contribution in [3.05, 3.63) is 42.1 Å². The largest absolute Gasteiger partial charge is 0.496 e. The SMILES string of the molecule is COc1ccc(F)cc1-c1ccnc(C2(C#N)CC2)n1. The fourth-order valence-corrected chi connectivity index (χ4v) is 2.13. The second-order valence-electron chi connectivity index (χ2n) is 4.80. The molecule has 0 amide bonds. The van der Waals surface area contributed by atoms with Crippen LogP contribution in [0.5, 0.6) is 5.75 Å². The van der Waals surface area contributed by atoms with Crippen LogP contribution in [0.15, 0.2) is 30.5 Å². The van der Waals surface area contributed by atoms with Gasteiger partial charge in [-0.15, -0.1) is 0 Å². The number of hydrogen-bond donors (Lipinski definition) is 0. The lowest BCUT2D eigenvalue weighted by Crippen LogP contribution is -2.09. The van der Waals surface area contributed by atoms with E-state index in [0.717, 1.165) is 12.8 Å². The molecule has 100 valence electrons. The molecule has 1 aliphatic rings. The highest BCUT2D eigenvalue weighted by Crippen LogP contribution is 2.46. The van der Waals surface area contributed by atoms with E-state index in [1.807, 2.05) is 0 Å². The average Bonchev–Trinajstić information content (AvgIpc) is 3.28. The smallest absolute Gasteiger partial charge is 0.149 e. The van der Waals surface area contributed by atoms with Crippen LogP contribution in [-0.2, 0) is 5.41 Å². The van der Waals surface area contributed by atoms with Gasteiger partial charge in [0.1, 0.15) is 22.8 Å². The van der Waals surface area contributed by atoms with Gasteiger partial charge in [-0.3, -0.25) is 0 Å². The van der Waals surface area contributed by atoms with Crippen molar-refractivity contribution in [3.8, 4) is 23.1 Å². The average molecular weight is 269 g/mol. The van der Waals surface area contributed by atoms with Gasteiger partial charge in [-0.1, -0.05) is 0 Å². The highest BCUT2D eigenvalue weighted by Gasteiger charge is 2.48. The van der Waals surface area contributed by atoms with E-state index >= 15 is 0 Å². The zero-order valence-corrected chi connectivity index (χ0v) is 10.9. The Bertz CT molecular complexity index is 705. The van der Waals surface area contributed by atoms with Crippen LogP contribution in [0.3, 0.4) is 0 Å². The van der Waals surface area contributed by atoms with Crippen LogP contribution in [0.25, 0.3) is 11.3 Å². The summed E-state index contributed by atoms with van der Waals surface area (Å²) in [6, 6.07) is 8.21. The summed E-state index contributed by atoms with van der Waals surface area (Å²) >= 11 is 0. The molecule has 1 saturated carbocycles. The van der Waals surface area contributed by atoms with Gasteiger partial charge in [0.25, 0.3) is 0 Å². The molecule has 0 atom stereocenters. The molecule has 1 heterocycles. The summed E-state index contributed by atoms with van der Waals surface area (Å²) in [5, 5.41) is 9.20. The third kappa shape index (κ3) is 1.99. The van der Waals surface area contributed by atoms with Crippen molar-refractivity contribution in [2.75, 3.05) is 7.11 Å². The van der Waals surface area contributed by atoms with Crippen LogP contribution < -0.4 is 4.74 Å². The fraction of sp³-hybridized carbons (Fsp3) is 0.267. The van der Waals surface area contributed by atoms with Crippen molar-refractivity contribution in [2.24, 2.45) is 0 Å². The lowest BCUT2D eigenvalue weighted by molar-refractivity contribution is 0.415. The number of nitrogens with zero attached hydrogens (tertiary/aromatic N) is 3. The standard InChI is InChI=1S/C15H12FN3O/c1-20-13-3-2-10(16)8-11(13)12-4-7-18-14(19-12)15(9-17)5-6-15/h2-4,7-8H,5-6H2,1H3. The van der Waals surface area contributed by atoms with E-state index < -0.39 is 5.41 Å². The summed E-state index contributed by atoms with van der Waals surface area (Å²) in [5.41, 5.74) is 0.564. The maximum Gasteiger partial charge on any atom is 0.149 e. The zero-order chi connectivity index (χ0) is 14.2. The Morgan fingerprint density at radius 1 is 1.35 bits per heavy atom. The van der Waals surface area contributed by atoms with Gasteiger partial charge in [-0.05, 0) is 37.1 Å². The number of hydrogen-bond acceptors (Lipinski definition) is 4. The first-order valence-electron chi connectivity index (χ1n) is 6.27. The predicted molar refractivity (Wildman–Crippen MR) is 70.5 cm³/mol. The van der Waals surface area contributed by atoms with E-state index in [0.29, 0.717) is 22.8 Å². The molecule has 0 saturated heterocycles. The summed E-state index contributed by atoms with van der Waals surface area (Å²) in [6.45, 7) is 0. The van der Waals surface area contributed by atoms with Crippen LogP contribution in [0.2, 0.25) is 0 Å². The monoisotopic (exact) mass is 269 g/mol. The van der Waals surface area contributed by atoms with E-state index in [4.69, 9.17) is 4.74 Å². The van der Waals surface area contributed by atoms with Crippen LogP contribution in [-0.4, -0.2) is 17.1 Å². The molecule has 0 spiro atoms. The Morgan fingerprint density at radius 3 is 2.80 bits per heavy atom. The highest BCUT2D eigenvalue weighted by atomic mass is 19.1. The van der Waals surface area contributed by atoms with Crippen molar-refractivity contribution in [1.82, 2.24) is 9.97 Å². The molecule has 4 nitrogen and oxygen atoms in total. The number of aromatic nitrogens is 2. The summed E-state index contributed by atoms with van der Waals surface area (Å²) in [7, 11) is 1.52. The van der Waals surface area contributed by atoms with Crippen molar-refractivity contribution in [3.63, 3.8) is 0 Å². The van der Waals surface area contributed by atoms with Gasteiger partial charge in [0.15, 0.2) is 0 Å². The number of ether oxygens (including phenoxy) is 1. The molecular formula is C15H12FN3O. The molecule has 0 unspecified atom stereocenters. The first-order chi connectivity index (χ1) is 9.68. The third-order valence-electron chi connectivity index (χ3n) is 3.49. The van der Waals surface area contributed by atoms with Crippen LogP contribution >= 0.6 is 0 Å². The Balaban J connectivity index is 2.10. The fourth-order valence-electron chi connectivity index (χ4n) is 2.13. The van der Waals surface area contributed by atoms with Gasteiger partial charge in [0, 0.05) is 11.8 Å². The second kappa shape index (κ2) is 4.57. The van der Waals surface area contributed by atoms with Crippen molar-refractivity contribution >= 4 is 0 Å². The maximum absolute atomic E-state index is 13.4. The molecule has 3 rings (SSSR count). The van der Waals surface area contributed by atoms with Crippen LogP contribution in [0.4, 0.5) is 4.39 Å². The van der Waals surface area contributed by atoms with Gasteiger partial charge in [-0.25, -0.2) is 14.4 Å². The third-order valence-corrected chi connectivity index (χ3v) is 3.49. The number of methoxy groups -OCH3 is 1. The Kier molecular flexibility index (Phi) is 2.87. The Labute approximate surface area is 115 Å². The zero-order valence-electron chi connectivity index (χ0n) is 10.9. The summed E-state index contributed by atoms with van der Waals surface area (Å²) in [4.78, 5) is 8.60. The molecule has 20 heavy (non-hydrogen) atoms. The topological polar surface area (TPSA) is 58.8 Å². The molecule has 5 heteroatoms. The first kappa shape index (κ1) is 12.5. The molecule has 2 aromatic rings. The molecule has 0 N–H and O–H groups in total. The minimum Gasteiger partial charge on any atom is -0.496 e. The van der Waals surface area contributed by atoms with Crippen LogP contribution in [0.1, 0.15) is 18.7 Å². The van der Waals surface area contributed by atoms with Crippen LogP contribution in [0, 0.1) is 17.1 Å². The van der Waals surface area contributed by atoms with Gasteiger partial charge in [0.05, 0.1) is 18.9 Å². The second-order valence-corrected chi connectivity index (χ2v) is 4.80. The van der Waals surface area contributed by atoms with Gasteiger partial charge in [-0.2, -0.15) is 5.26 Å². The normalized spacial score (nSPS) is 15.4. The lowest BCUT2D eigenvalue weighted by atomic mass is 10.1. The number of halogens is 1. The Morgan fingerprint density at radius 2 is 2.15 bits per heavy atom. The highest BCUT2D eigenvalue weighted by molar-refractivity contribution is 5.67. The van der Waals surface area contributed by atoms with Gasteiger partial charge < -0.3 is 4.74 Å². The molecule has 1 fully saturated rings. The maximum atomic E-state index is 13.4. The minimum absolute atomic E-state index is 0.359. The molecule has 1 aliphatic carbocycles. The van der Waals surface area contributed by atoms with E-state index in [2.05, 4.69) is 16.0 Å². The van der Waals surface area contributed by atoms with Gasteiger partial charge >= 0.3 is 0 Å². The first-order valence-corrected chi connectivity index (χ1v) is 6.27. The quantitative estimate of drug-likeness (QED) is 0.859. The van der Waals surface area contributed by atoms with Crippen molar-refractivity contribution in [2.45, 2.75) is 18.3 Å².